The van der Waals surface area contributed by atoms with E-state index in [0.717, 1.165) is 0 Å². The largest absolute Gasteiger partial charge is 0.394 e. The zero-order valence-electron chi connectivity index (χ0n) is 5.50. The van der Waals surface area contributed by atoms with Gasteiger partial charge >= 0.3 is 0 Å². The molecule has 0 aliphatic heterocycles. The Morgan fingerprint density at radius 1 is 1.78 bits per heavy atom. The van der Waals surface area contributed by atoms with Crippen molar-refractivity contribution in [2.45, 2.75) is 19.4 Å². The summed E-state index contributed by atoms with van der Waals surface area (Å²) < 4.78 is 4.88. The van der Waals surface area contributed by atoms with Crippen LogP contribution in [0.25, 0.3) is 0 Å². The van der Waals surface area contributed by atoms with Crippen LogP contribution in [0.4, 0.5) is 0 Å². The molecule has 0 saturated heterocycles. The normalized spacial score (nSPS) is 12.6. The van der Waals surface area contributed by atoms with Gasteiger partial charge in [0.1, 0.15) is 6.10 Å². The van der Waals surface area contributed by atoms with Crippen LogP contribution in [0.15, 0.2) is 0 Å². The van der Waals surface area contributed by atoms with Crippen LogP contribution in [-0.4, -0.2) is 24.4 Å². The van der Waals surface area contributed by atoms with E-state index < -0.39 is 0 Å². The molecule has 0 aliphatic rings. The summed E-state index contributed by atoms with van der Waals surface area (Å²) in [5, 5.41) is 16.6. The number of nitriles is 1. The van der Waals surface area contributed by atoms with E-state index >= 15 is 0 Å². The predicted molar refractivity (Wildman–Crippen MR) is 32.7 cm³/mol. The molecule has 0 fully saturated rings. The standard InChI is InChI=1S/C6H11NO2/c1-2-6(5-7)9-4-3-8/h6,8H,2-4H2,1H3. The second-order valence-corrected chi connectivity index (χ2v) is 1.62. The Morgan fingerprint density at radius 2 is 2.44 bits per heavy atom. The molecule has 0 aromatic heterocycles. The summed E-state index contributed by atoms with van der Waals surface area (Å²) in [5.74, 6) is 0. The summed E-state index contributed by atoms with van der Waals surface area (Å²) >= 11 is 0. The van der Waals surface area contributed by atoms with Crippen LogP contribution in [0.3, 0.4) is 0 Å². The minimum absolute atomic E-state index is 0.0157. The summed E-state index contributed by atoms with van der Waals surface area (Å²) in [4.78, 5) is 0. The lowest BCUT2D eigenvalue weighted by atomic mass is 10.3. The van der Waals surface area contributed by atoms with Gasteiger partial charge in [-0.3, -0.25) is 0 Å². The van der Waals surface area contributed by atoms with Crippen molar-refractivity contribution in [1.82, 2.24) is 0 Å². The molecule has 52 valence electrons. The molecule has 0 rings (SSSR count). The highest BCUT2D eigenvalue weighted by molar-refractivity contribution is 4.82. The molecule has 0 aromatic rings. The molecule has 0 saturated carbocycles. The van der Waals surface area contributed by atoms with Crippen molar-refractivity contribution in [1.29, 1.82) is 5.26 Å². The Balaban J connectivity index is 3.23. The molecule has 0 aliphatic carbocycles. The van der Waals surface area contributed by atoms with Crippen LogP contribution < -0.4 is 0 Å². The van der Waals surface area contributed by atoms with Crippen LogP contribution in [-0.2, 0) is 4.74 Å². The Bertz CT molecular complexity index is 97.7. The van der Waals surface area contributed by atoms with Gasteiger partial charge in [-0.2, -0.15) is 5.26 Å². The highest BCUT2D eigenvalue weighted by atomic mass is 16.5. The van der Waals surface area contributed by atoms with Gasteiger partial charge < -0.3 is 9.84 Å². The fourth-order valence-corrected chi connectivity index (χ4v) is 0.441. The van der Waals surface area contributed by atoms with Crippen molar-refractivity contribution in [3.8, 4) is 6.07 Å². The summed E-state index contributed by atoms with van der Waals surface area (Å²) in [6.07, 6.45) is 0.327. The Kier molecular flexibility index (Phi) is 5.18. The van der Waals surface area contributed by atoms with Crippen molar-refractivity contribution in [2.24, 2.45) is 0 Å². The molecular weight excluding hydrogens is 118 g/mol. The van der Waals surface area contributed by atoms with E-state index in [4.69, 9.17) is 15.1 Å². The zero-order valence-corrected chi connectivity index (χ0v) is 5.50. The summed E-state index contributed by atoms with van der Waals surface area (Å²) in [6, 6.07) is 1.95. The Labute approximate surface area is 54.9 Å². The summed E-state index contributed by atoms with van der Waals surface area (Å²) in [6.45, 7) is 2.11. The number of rotatable bonds is 4. The topological polar surface area (TPSA) is 53.2 Å². The number of aliphatic hydroxyl groups is 1. The van der Waals surface area contributed by atoms with Crippen LogP contribution in [0, 0.1) is 11.3 Å². The average Bonchev–Trinajstić information content (AvgIpc) is 1.91. The lowest BCUT2D eigenvalue weighted by molar-refractivity contribution is 0.0567. The first kappa shape index (κ1) is 8.41. The fourth-order valence-electron chi connectivity index (χ4n) is 0.441. The van der Waals surface area contributed by atoms with Crippen molar-refractivity contribution in [3.63, 3.8) is 0 Å². The molecular formula is C6H11NO2. The van der Waals surface area contributed by atoms with E-state index in [1.807, 2.05) is 13.0 Å². The van der Waals surface area contributed by atoms with Gasteiger partial charge in [-0.1, -0.05) is 6.92 Å². The van der Waals surface area contributed by atoms with Crippen LogP contribution in [0.5, 0.6) is 0 Å². The minimum Gasteiger partial charge on any atom is -0.394 e. The Morgan fingerprint density at radius 3 is 2.78 bits per heavy atom. The van der Waals surface area contributed by atoms with Gasteiger partial charge in [0.2, 0.25) is 0 Å². The summed E-state index contributed by atoms with van der Waals surface area (Å²) in [7, 11) is 0. The molecule has 0 bridgehead atoms. The van der Waals surface area contributed by atoms with Gasteiger partial charge in [0.25, 0.3) is 0 Å². The van der Waals surface area contributed by atoms with Gasteiger partial charge in [-0.15, -0.1) is 0 Å². The number of nitrogens with zero attached hydrogens (tertiary/aromatic N) is 1. The average molecular weight is 129 g/mol. The number of hydrogen-bond acceptors (Lipinski definition) is 3. The summed E-state index contributed by atoms with van der Waals surface area (Å²) in [5.41, 5.74) is 0. The molecule has 0 radical (unpaired) electrons. The maximum atomic E-state index is 8.30. The van der Waals surface area contributed by atoms with Crippen LogP contribution in [0.1, 0.15) is 13.3 Å². The van der Waals surface area contributed by atoms with Gasteiger partial charge in [0.05, 0.1) is 19.3 Å². The zero-order chi connectivity index (χ0) is 7.11. The van der Waals surface area contributed by atoms with Gasteiger partial charge in [-0.25, -0.2) is 0 Å². The molecule has 0 heterocycles. The van der Waals surface area contributed by atoms with Crippen LogP contribution >= 0.6 is 0 Å². The van der Waals surface area contributed by atoms with Crippen molar-refractivity contribution in [3.05, 3.63) is 0 Å². The van der Waals surface area contributed by atoms with E-state index in [1.165, 1.54) is 0 Å². The number of ether oxygens (including phenoxy) is 1. The van der Waals surface area contributed by atoms with E-state index in [-0.39, 0.29) is 19.3 Å². The first-order valence-electron chi connectivity index (χ1n) is 2.97. The smallest absolute Gasteiger partial charge is 0.143 e. The lowest BCUT2D eigenvalue weighted by Crippen LogP contribution is -2.11. The number of hydrogen-bond donors (Lipinski definition) is 1. The predicted octanol–water partition coefficient (Wildman–Crippen LogP) is 0.297. The van der Waals surface area contributed by atoms with E-state index in [2.05, 4.69) is 0 Å². The first-order chi connectivity index (χ1) is 4.35. The molecule has 3 heteroatoms. The molecule has 0 aromatic carbocycles. The highest BCUT2D eigenvalue weighted by Crippen LogP contribution is 1.93. The maximum Gasteiger partial charge on any atom is 0.143 e. The quantitative estimate of drug-likeness (QED) is 0.593. The van der Waals surface area contributed by atoms with E-state index in [9.17, 15) is 0 Å². The molecule has 0 amide bonds. The second-order valence-electron chi connectivity index (χ2n) is 1.62. The molecule has 1 atom stereocenters. The molecule has 3 nitrogen and oxygen atoms in total. The monoisotopic (exact) mass is 129 g/mol. The van der Waals surface area contributed by atoms with Crippen molar-refractivity contribution < 1.29 is 9.84 Å². The first-order valence-corrected chi connectivity index (χ1v) is 2.97. The highest BCUT2D eigenvalue weighted by Gasteiger charge is 2.00. The maximum absolute atomic E-state index is 8.30. The SMILES string of the molecule is CCC(C#N)OCCO. The van der Waals surface area contributed by atoms with Gasteiger partial charge in [0, 0.05) is 0 Å². The van der Waals surface area contributed by atoms with Gasteiger partial charge in [-0.05, 0) is 6.42 Å². The molecule has 1 unspecified atom stereocenters. The van der Waals surface area contributed by atoms with Crippen molar-refractivity contribution >= 4 is 0 Å². The van der Waals surface area contributed by atoms with Crippen LogP contribution in [0.2, 0.25) is 0 Å². The second kappa shape index (κ2) is 5.54. The lowest BCUT2D eigenvalue weighted by Gasteiger charge is -2.04. The minimum atomic E-state index is -0.350. The molecule has 0 spiro atoms. The van der Waals surface area contributed by atoms with E-state index in [0.29, 0.717) is 6.42 Å². The van der Waals surface area contributed by atoms with E-state index in [1.54, 1.807) is 0 Å². The Hall–Kier alpha value is -0.590. The third kappa shape index (κ3) is 3.95. The number of aliphatic hydroxyl groups excluding tert-OH is 1. The fraction of sp³-hybridized carbons (Fsp3) is 0.833. The molecule has 1 N–H and O–H groups in total. The van der Waals surface area contributed by atoms with Crippen molar-refractivity contribution in [2.75, 3.05) is 13.2 Å². The molecule has 9 heavy (non-hydrogen) atoms. The third-order valence-electron chi connectivity index (χ3n) is 0.925. The third-order valence-corrected chi connectivity index (χ3v) is 0.925. The van der Waals surface area contributed by atoms with Gasteiger partial charge in [0.15, 0.2) is 0 Å².